The number of amides is 2. The molecule has 2 amide bonds. The van der Waals surface area contributed by atoms with Crippen molar-refractivity contribution in [2.24, 2.45) is 0 Å². The first-order valence-electron chi connectivity index (χ1n) is 10.3. The molecule has 0 bridgehead atoms. The second-order valence-electron chi connectivity index (χ2n) is 6.87. The molecule has 0 aromatic heterocycles. The van der Waals surface area contributed by atoms with Crippen molar-refractivity contribution in [2.45, 2.75) is 33.1 Å². The number of piperidine rings is 1. The summed E-state index contributed by atoms with van der Waals surface area (Å²) in [4.78, 5) is 26.9. The van der Waals surface area contributed by atoms with Gasteiger partial charge in [0.05, 0.1) is 26.0 Å². The number of nitrogens with zero attached hydrogens (tertiary/aromatic N) is 1. The third-order valence-corrected chi connectivity index (χ3v) is 4.86. The fraction of sp³-hybridized carbons (Fsp3) is 0.391. The molecular formula is C23H28N2O5. The van der Waals surface area contributed by atoms with E-state index in [1.165, 1.54) is 0 Å². The molecule has 0 saturated carbocycles. The standard InChI is InChI=1S/C23H28N2O5/c1-4-29-20-11-9-16(14-21(20)30-5-2)23(27)24-17-10-12-19(28-3)18(15-17)25-13-7-6-8-22(25)26/h9-12,14-15H,4-8,13H2,1-3H3,(H,24,27). The Morgan fingerprint density at radius 2 is 1.73 bits per heavy atom. The minimum atomic E-state index is -0.278. The number of anilines is 2. The number of ether oxygens (including phenoxy) is 3. The zero-order chi connectivity index (χ0) is 21.5. The Morgan fingerprint density at radius 3 is 2.43 bits per heavy atom. The van der Waals surface area contributed by atoms with Crippen molar-refractivity contribution in [2.75, 3.05) is 37.1 Å². The highest BCUT2D eigenvalue weighted by Gasteiger charge is 2.23. The summed E-state index contributed by atoms with van der Waals surface area (Å²) in [6.45, 7) is 5.39. The minimum absolute atomic E-state index is 0.0656. The molecular weight excluding hydrogens is 384 g/mol. The molecule has 1 fully saturated rings. The molecule has 1 heterocycles. The van der Waals surface area contributed by atoms with E-state index in [9.17, 15) is 9.59 Å². The van der Waals surface area contributed by atoms with Gasteiger partial charge in [-0.05, 0) is 63.1 Å². The molecule has 1 N–H and O–H groups in total. The smallest absolute Gasteiger partial charge is 0.255 e. The second-order valence-corrected chi connectivity index (χ2v) is 6.87. The Balaban J connectivity index is 1.83. The van der Waals surface area contributed by atoms with E-state index in [-0.39, 0.29) is 11.8 Å². The van der Waals surface area contributed by atoms with Crippen LogP contribution in [0.25, 0.3) is 0 Å². The zero-order valence-electron chi connectivity index (χ0n) is 17.7. The average Bonchev–Trinajstić information content (AvgIpc) is 2.75. The molecule has 0 spiro atoms. The Kier molecular flexibility index (Phi) is 7.17. The van der Waals surface area contributed by atoms with Crippen LogP contribution in [0.5, 0.6) is 17.2 Å². The van der Waals surface area contributed by atoms with Crippen LogP contribution >= 0.6 is 0 Å². The summed E-state index contributed by atoms with van der Waals surface area (Å²) in [6.07, 6.45) is 2.36. The van der Waals surface area contributed by atoms with Crippen molar-refractivity contribution < 1.29 is 23.8 Å². The van der Waals surface area contributed by atoms with Crippen LogP contribution in [0.1, 0.15) is 43.5 Å². The molecule has 160 valence electrons. The maximum absolute atomic E-state index is 12.8. The van der Waals surface area contributed by atoms with E-state index in [1.54, 1.807) is 48.4 Å². The maximum Gasteiger partial charge on any atom is 0.255 e. The lowest BCUT2D eigenvalue weighted by atomic mass is 10.1. The van der Waals surface area contributed by atoms with Gasteiger partial charge in [-0.25, -0.2) is 0 Å². The van der Waals surface area contributed by atoms with E-state index in [0.29, 0.717) is 60.4 Å². The monoisotopic (exact) mass is 412 g/mol. The largest absolute Gasteiger partial charge is 0.495 e. The number of rotatable bonds is 8. The first-order valence-corrected chi connectivity index (χ1v) is 10.3. The quantitative estimate of drug-likeness (QED) is 0.701. The van der Waals surface area contributed by atoms with Gasteiger partial charge in [0.15, 0.2) is 11.5 Å². The zero-order valence-corrected chi connectivity index (χ0v) is 17.7. The molecule has 0 radical (unpaired) electrons. The van der Waals surface area contributed by atoms with Crippen molar-refractivity contribution in [1.82, 2.24) is 0 Å². The number of methoxy groups -OCH3 is 1. The number of benzene rings is 2. The van der Waals surface area contributed by atoms with Crippen LogP contribution in [0.4, 0.5) is 11.4 Å². The second kappa shape index (κ2) is 10.0. The van der Waals surface area contributed by atoms with Crippen molar-refractivity contribution in [3.05, 3.63) is 42.0 Å². The van der Waals surface area contributed by atoms with Crippen LogP contribution in [0.2, 0.25) is 0 Å². The van der Waals surface area contributed by atoms with Crippen molar-refractivity contribution >= 4 is 23.2 Å². The van der Waals surface area contributed by atoms with Crippen molar-refractivity contribution in [1.29, 1.82) is 0 Å². The third-order valence-electron chi connectivity index (χ3n) is 4.86. The Hall–Kier alpha value is -3.22. The molecule has 3 rings (SSSR count). The third kappa shape index (κ3) is 4.84. The molecule has 0 unspecified atom stereocenters. The molecule has 2 aromatic rings. The molecule has 2 aromatic carbocycles. The van der Waals surface area contributed by atoms with Gasteiger partial charge in [-0.3, -0.25) is 9.59 Å². The van der Waals surface area contributed by atoms with Gasteiger partial charge in [0, 0.05) is 24.2 Å². The van der Waals surface area contributed by atoms with Gasteiger partial charge in [-0.2, -0.15) is 0 Å². The van der Waals surface area contributed by atoms with Gasteiger partial charge >= 0.3 is 0 Å². The summed E-state index contributed by atoms with van der Waals surface area (Å²) in [5.74, 6) is 1.52. The summed E-state index contributed by atoms with van der Waals surface area (Å²) in [5, 5.41) is 2.90. The maximum atomic E-state index is 12.8. The number of nitrogens with one attached hydrogen (secondary N) is 1. The van der Waals surface area contributed by atoms with E-state index in [2.05, 4.69) is 5.32 Å². The highest BCUT2D eigenvalue weighted by Crippen LogP contribution is 2.34. The summed E-state index contributed by atoms with van der Waals surface area (Å²) in [5.41, 5.74) is 1.70. The number of hydrogen-bond donors (Lipinski definition) is 1. The molecule has 0 atom stereocenters. The van der Waals surface area contributed by atoms with Crippen LogP contribution in [-0.2, 0) is 4.79 Å². The molecule has 1 saturated heterocycles. The van der Waals surface area contributed by atoms with E-state index in [1.807, 2.05) is 13.8 Å². The van der Waals surface area contributed by atoms with Crippen LogP contribution < -0.4 is 24.4 Å². The SMILES string of the molecule is CCOc1ccc(C(=O)Nc2ccc(OC)c(N3CCCCC3=O)c2)cc1OCC. The molecule has 7 nitrogen and oxygen atoms in total. The average molecular weight is 412 g/mol. The van der Waals surface area contributed by atoms with Crippen molar-refractivity contribution in [3.8, 4) is 17.2 Å². The Bertz CT molecular complexity index is 912. The number of carbonyl (C=O) groups excluding carboxylic acids is 2. The van der Waals surface area contributed by atoms with Crippen molar-refractivity contribution in [3.63, 3.8) is 0 Å². The number of carbonyl (C=O) groups is 2. The van der Waals surface area contributed by atoms with Gasteiger partial charge in [-0.1, -0.05) is 0 Å². The number of hydrogen-bond acceptors (Lipinski definition) is 5. The minimum Gasteiger partial charge on any atom is -0.495 e. The predicted octanol–water partition coefficient (Wildman–Crippen LogP) is 4.26. The van der Waals surface area contributed by atoms with Crippen LogP contribution in [0, 0.1) is 0 Å². The summed E-state index contributed by atoms with van der Waals surface area (Å²) >= 11 is 0. The first-order chi connectivity index (χ1) is 14.6. The lowest BCUT2D eigenvalue weighted by molar-refractivity contribution is -0.119. The van der Waals surface area contributed by atoms with E-state index in [0.717, 1.165) is 12.8 Å². The molecule has 1 aliphatic heterocycles. The van der Waals surface area contributed by atoms with Gasteiger partial charge < -0.3 is 24.4 Å². The van der Waals surface area contributed by atoms with Gasteiger partial charge in [0.2, 0.25) is 5.91 Å². The molecule has 30 heavy (non-hydrogen) atoms. The highest BCUT2D eigenvalue weighted by atomic mass is 16.5. The molecule has 1 aliphatic rings. The van der Waals surface area contributed by atoms with Crippen LogP contribution in [-0.4, -0.2) is 38.7 Å². The summed E-state index contributed by atoms with van der Waals surface area (Å²) < 4.78 is 16.6. The highest BCUT2D eigenvalue weighted by molar-refractivity contribution is 6.05. The Labute approximate surface area is 176 Å². The topological polar surface area (TPSA) is 77.1 Å². The molecule has 7 heteroatoms. The normalized spacial score (nSPS) is 13.7. The van der Waals surface area contributed by atoms with E-state index >= 15 is 0 Å². The fourth-order valence-electron chi connectivity index (χ4n) is 3.43. The predicted molar refractivity (Wildman–Crippen MR) is 116 cm³/mol. The first kappa shape index (κ1) is 21.5. The fourth-order valence-corrected chi connectivity index (χ4v) is 3.43. The van der Waals surface area contributed by atoms with Crippen LogP contribution in [0.15, 0.2) is 36.4 Å². The summed E-state index contributed by atoms with van der Waals surface area (Å²) in [6, 6.07) is 10.4. The molecule has 0 aliphatic carbocycles. The van der Waals surface area contributed by atoms with Gasteiger partial charge in [-0.15, -0.1) is 0 Å². The van der Waals surface area contributed by atoms with E-state index in [4.69, 9.17) is 14.2 Å². The van der Waals surface area contributed by atoms with Crippen LogP contribution in [0.3, 0.4) is 0 Å². The lowest BCUT2D eigenvalue weighted by Crippen LogP contribution is -2.35. The van der Waals surface area contributed by atoms with Gasteiger partial charge in [0.25, 0.3) is 5.91 Å². The summed E-state index contributed by atoms with van der Waals surface area (Å²) in [7, 11) is 1.57. The Morgan fingerprint density at radius 1 is 1.00 bits per heavy atom. The lowest BCUT2D eigenvalue weighted by Gasteiger charge is -2.28. The van der Waals surface area contributed by atoms with Gasteiger partial charge in [0.1, 0.15) is 5.75 Å². The van der Waals surface area contributed by atoms with E-state index < -0.39 is 0 Å².